The Kier molecular flexibility index (Phi) is 3.31. The van der Waals surface area contributed by atoms with Gasteiger partial charge in [0, 0.05) is 18.7 Å². The quantitative estimate of drug-likeness (QED) is 0.861. The number of rotatable bonds is 5. The van der Waals surface area contributed by atoms with Crippen molar-refractivity contribution in [3.05, 3.63) is 47.8 Å². The second-order valence-electron chi connectivity index (χ2n) is 4.94. The largest absolute Gasteiger partial charge is 0.367 e. The van der Waals surface area contributed by atoms with Gasteiger partial charge in [0.05, 0.1) is 0 Å². The SMILES string of the molecule is Cc1nc(NCc2ccccc2)cc(NC2CC2)n1. The summed E-state index contributed by atoms with van der Waals surface area (Å²) >= 11 is 0. The summed E-state index contributed by atoms with van der Waals surface area (Å²) < 4.78 is 0. The first-order valence-corrected chi connectivity index (χ1v) is 6.69. The first-order chi connectivity index (χ1) is 9.29. The highest BCUT2D eigenvalue weighted by molar-refractivity contribution is 5.48. The Morgan fingerprint density at radius 3 is 2.58 bits per heavy atom. The molecule has 1 aliphatic carbocycles. The number of anilines is 2. The molecule has 0 amide bonds. The van der Waals surface area contributed by atoms with Crippen LogP contribution in [-0.2, 0) is 6.54 Å². The van der Waals surface area contributed by atoms with Crippen LogP contribution in [0.25, 0.3) is 0 Å². The van der Waals surface area contributed by atoms with Gasteiger partial charge in [-0.15, -0.1) is 0 Å². The second kappa shape index (κ2) is 5.26. The van der Waals surface area contributed by atoms with Crippen molar-refractivity contribution < 1.29 is 0 Å². The normalized spacial score (nSPS) is 14.2. The van der Waals surface area contributed by atoms with E-state index in [-0.39, 0.29) is 0 Å². The first-order valence-electron chi connectivity index (χ1n) is 6.69. The van der Waals surface area contributed by atoms with Crippen LogP contribution in [0.4, 0.5) is 11.6 Å². The van der Waals surface area contributed by atoms with Gasteiger partial charge >= 0.3 is 0 Å². The van der Waals surface area contributed by atoms with E-state index in [0.717, 1.165) is 24.0 Å². The minimum absolute atomic E-state index is 0.608. The van der Waals surface area contributed by atoms with Gasteiger partial charge in [-0.05, 0) is 25.3 Å². The van der Waals surface area contributed by atoms with Gasteiger partial charge in [-0.3, -0.25) is 0 Å². The molecule has 1 heterocycles. The zero-order valence-electron chi connectivity index (χ0n) is 11.1. The lowest BCUT2D eigenvalue weighted by Crippen LogP contribution is -2.08. The molecule has 0 spiro atoms. The van der Waals surface area contributed by atoms with Crippen molar-refractivity contribution in [1.82, 2.24) is 9.97 Å². The molecule has 3 rings (SSSR count). The Balaban J connectivity index is 1.67. The fourth-order valence-corrected chi connectivity index (χ4v) is 1.96. The third-order valence-electron chi connectivity index (χ3n) is 3.08. The highest BCUT2D eigenvalue weighted by Crippen LogP contribution is 2.24. The third kappa shape index (κ3) is 3.44. The highest BCUT2D eigenvalue weighted by atomic mass is 15.1. The van der Waals surface area contributed by atoms with E-state index in [2.05, 4.69) is 32.7 Å². The number of aromatic nitrogens is 2. The van der Waals surface area contributed by atoms with Gasteiger partial charge in [0.1, 0.15) is 17.5 Å². The molecular formula is C15H18N4. The molecule has 1 saturated carbocycles. The van der Waals surface area contributed by atoms with Crippen molar-refractivity contribution in [3.63, 3.8) is 0 Å². The van der Waals surface area contributed by atoms with Crippen molar-refractivity contribution in [2.45, 2.75) is 32.4 Å². The fraction of sp³-hybridized carbons (Fsp3) is 0.333. The number of benzene rings is 1. The first kappa shape index (κ1) is 12.0. The molecule has 0 bridgehead atoms. The summed E-state index contributed by atoms with van der Waals surface area (Å²) in [5.74, 6) is 2.59. The molecule has 4 nitrogen and oxygen atoms in total. The predicted molar refractivity (Wildman–Crippen MR) is 77.2 cm³/mol. The second-order valence-corrected chi connectivity index (χ2v) is 4.94. The zero-order chi connectivity index (χ0) is 13.1. The van der Waals surface area contributed by atoms with Crippen LogP contribution < -0.4 is 10.6 Å². The molecule has 2 N–H and O–H groups in total. The maximum atomic E-state index is 4.41. The summed E-state index contributed by atoms with van der Waals surface area (Å²) in [5.41, 5.74) is 1.25. The molecule has 2 aromatic rings. The van der Waals surface area contributed by atoms with Gasteiger partial charge in [-0.25, -0.2) is 9.97 Å². The summed E-state index contributed by atoms with van der Waals surface area (Å²) in [6.07, 6.45) is 2.49. The number of nitrogens with one attached hydrogen (secondary N) is 2. The Morgan fingerprint density at radius 1 is 1.11 bits per heavy atom. The molecule has 19 heavy (non-hydrogen) atoms. The molecular weight excluding hydrogens is 236 g/mol. The number of hydrogen-bond donors (Lipinski definition) is 2. The lowest BCUT2D eigenvalue weighted by molar-refractivity contribution is 1.00. The van der Waals surface area contributed by atoms with E-state index in [1.807, 2.05) is 31.2 Å². The summed E-state index contributed by atoms with van der Waals surface area (Å²) in [7, 11) is 0. The Labute approximate surface area is 113 Å². The molecule has 4 heteroatoms. The van der Waals surface area contributed by atoms with E-state index < -0.39 is 0 Å². The Hall–Kier alpha value is -2.10. The summed E-state index contributed by atoms with van der Waals surface area (Å²) in [6.45, 7) is 2.70. The topological polar surface area (TPSA) is 49.8 Å². The number of aryl methyl sites for hydroxylation is 1. The minimum Gasteiger partial charge on any atom is -0.367 e. The van der Waals surface area contributed by atoms with Crippen molar-refractivity contribution in [2.24, 2.45) is 0 Å². The van der Waals surface area contributed by atoms with E-state index in [1.54, 1.807) is 0 Å². The maximum Gasteiger partial charge on any atom is 0.132 e. The summed E-state index contributed by atoms with van der Waals surface area (Å²) in [5, 5.41) is 6.75. The van der Waals surface area contributed by atoms with Crippen molar-refractivity contribution in [3.8, 4) is 0 Å². The number of nitrogens with zero attached hydrogens (tertiary/aromatic N) is 2. The molecule has 1 aromatic carbocycles. The van der Waals surface area contributed by atoms with Gasteiger partial charge in [0.2, 0.25) is 0 Å². The summed E-state index contributed by atoms with van der Waals surface area (Å²) in [4.78, 5) is 8.82. The van der Waals surface area contributed by atoms with Crippen LogP contribution in [0.1, 0.15) is 24.2 Å². The van der Waals surface area contributed by atoms with Crippen LogP contribution in [0.3, 0.4) is 0 Å². The molecule has 0 radical (unpaired) electrons. The average molecular weight is 254 g/mol. The van der Waals surface area contributed by atoms with Gasteiger partial charge in [0.15, 0.2) is 0 Å². The molecule has 0 unspecified atom stereocenters. The van der Waals surface area contributed by atoms with E-state index in [4.69, 9.17) is 0 Å². The van der Waals surface area contributed by atoms with Crippen molar-refractivity contribution in [1.29, 1.82) is 0 Å². The van der Waals surface area contributed by atoms with E-state index in [0.29, 0.717) is 6.04 Å². The van der Waals surface area contributed by atoms with E-state index >= 15 is 0 Å². The van der Waals surface area contributed by atoms with Crippen LogP contribution in [0.2, 0.25) is 0 Å². The smallest absolute Gasteiger partial charge is 0.132 e. The van der Waals surface area contributed by atoms with Crippen molar-refractivity contribution >= 4 is 11.6 Å². The molecule has 0 saturated heterocycles. The van der Waals surface area contributed by atoms with Crippen molar-refractivity contribution in [2.75, 3.05) is 10.6 Å². The van der Waals surface area contributed by atoms with Gasteiger partial charge < -0.3 is 10.6 Å². The Bertz CT molecular complexity index is 549. The van der Waals surface area contributed by atoms with Crippen LogP contribution in [0.5, 0.6) is 0 Å². The number of hydrogen-bond acceptors (Lipinski definition) is 4. The summed E-state index contributed by atoms with van der Waals surface area (Å²) in [6, 6.07) is 12.9. The van der Waals surface area contributed by atoms with E-state index in [1.165, 1.54) is 18.4 Å². The lowest BCUT2D eigenvalue weighted by atomic mass is 10.2. The van der Waals surface area contributed by atoms with Gasteiger partial charge in [0.25, 0.3) is 0 Å². The predicted octanol–water partition coefficient (Wildman–Crippen LogP) is 2.97. The maximum absolute atomic E-state index is 4.41. The van der Waals surface area contributed by atoms with Crippen LogP contribution >= 0.6 is 0 Å². The Morgan fingerprint density at radius 2 is 1.84 bits per heavy atom. The monoisotopic (exact) mass is 254 g/mol. The van der Waals surface area contributed by atoms with Gasteiger partial charge in [-0.2, -0.15) is 0 Å². The molecule has 1 fully saturated rings. The molecule has 0 atom stereocenters. The molecule has 98 valence electrons. The average Bonchev–Trinajstić information content (AvgIpc) is 3.21. The van der Waals surface area contributed by atoms with Crippen LogP contribution in [0, 0.1) is 6.92 Å². The third-order valence-corrected chi connectivity index (χ3v) is 3.08. The molecule has 1 aromatic heterocycles. The fourth-order valence-electron chi connectivity index (χ4n) is 1.96. The standard InChI is InChI=1S/C15H18N4/c1-11-17-14(9-15(18-11)19-13-7-8-13)16-10-12-5-3-2-4-6-12/h2-6,9,13H,7-8,10H2,1H3,(H2,16,17,18,19). The van der Waals surface area contributed by atoms with E-state index in [9.17, 15) is 0 Å². The lowest BCUT2D eigenvalue weighted by Gasteiger charge is -2.09. The zero-order valence-corrected chi connectivity index (χ0v) is 11.1. The minimum atomic E-state index is 0.608. The molecule has 1 aliphatic rings. The molecule has 0 aliphatic heterocycles. The van der Waals surface area contributed by atoms with Gasteiger partial charge in [-0.1, -0.05) is 30.3 Å². The van der Waals surface area contributed by atoms with Crippen LogP contribution in [0.15, 0.2) is 36.4 Å². The highest BCUT2D eigenvalue weighted by Gasteiger charge is 2.21. The van der Waals surface area contributed by atoms with Crippen LogP contribution in [-0.4, -0.2) is 16.0 Å².